The molecule has 1 unspecified atom stereocenters. The van der Waals surface area contributed by atoms with Gasteiger partial charge in [0.2, 0.25) is 0 Å². The van der Waals surface area contributed by atoms with Gasteiger partial charge in [-0.15, -0.1) is 0 Å². The summed E-state index contributed by atoms with van der Waals surface area (Å²) >= 11 is 3.81. The number of unbranched alkanes of at least 4 members (excludes halogenated alkanes) is 6. The molecule has 0 fully saturated rings. The van der Waals surface area contributed by atoms with Crippen molar-refractivity contribution in [3.05, 3.63) is 48.0 Å². The van der Waals surface area contributed by atoms with E-state index in [2.05, 4.69) is 72.3 Å². The fourth-order valence-electron chi connectivity index (χ4n) is 2.21. The van der Waals surface area contributed by atoms with Crippen LogP contribution in [0.25, 0.3) is 0 Å². The number of benzene rings is 1. The fourth-order valence-corrected chi connectivity index (χ4v) is 2.66. The van der Waals surface area contributed by atoms with Gasteiger partial charge in [-0.3, -0.25) is 0 Å². The Labute approximate surface area is 127 Å². The van der Waals surface area contributed by atoms with Gasteiger partial charge in [0.25, 0.3) is 0 Å². The highest BCUT2D eigenvalue weighted by Crippen LogP contribution is 2.32. The predicted molar refractivity (Wildman–Crippen MR) is 89.9 cm³/mol. The highest BCUT2D eigenvalue weighted by Gasteiger charge is 2.17. The summed E-state index contributed by atoms with van der Waals surface area (Å²) in [5.41, 5.74) is 1.31. The van der Waals surface area contributed by atoms with Gasteiger partial charge in [-0.2, -0.15) is 0 Å². The van der Waals surface area contributed by atoms with Crippen LogP contribution in [0.15, 0.2) is 42.5 Å². The zero-order chi connectivity index (χ0) is 14.0. The minimum Gasteiger partial charge on any atom is -0.0868 e. The third-order valence-electron chi connectivity index (χ3n) is 3.49. The molecule has 0 saturated heterocycles. The first kappa shape index (κ1) is 16.5. The van der Waals surface area contributed by atoms with Crippen LogP contribution in [0.2, 0.25) is 0 Å². The number of hydrogen-bond donors (Lipinski definition) is 0. The van der Waals surface area contributed by atoms with Crippen LogP contribution in [0.5, 0.6) is 0 Å². The lowest BCUT2D eigenvalue weighted by Crippen LogP contribution is -2.08. The molecule has 0 heterocycles. The smallest absolute Gasteiger partial charge is 0.0657 e. The molecule has 0 nitrogen and oxygen atoms in total. The second-order valence-corrected chi connectivity index (χ2v) is 7.05. The molecule has 106 valence electrons. The molecule has 1 aromatic carbocycles. The monoisotopic (exact) mass is 322 g/mol. The lowest BCUT2D eigenvalue weighted by atomic mass is 10.00. The maximum absolute atomic E-state index is 3.81. The van der Waals surface area contributed by atoms with Gasteiger partial charge in [0.1, 0.15) is 0 Å². The lowest BCUT2D eigenvalue weighted by Gasteiger charge is -2.18. The highest BCUT2D eigenvalue weighted by molar-refractivity contribution is 9.09. The maximum Gasteiger partial charge on any atom is 0.0657 e. The standard InChI is InChI=1S/C18H27Br/c1-3-4-5-6-7-8-9-13-16-18(2,19)17-14-11-10-12-15-17/h10-16H,3-9H2,1-2H3. The average Bonchev–Trinajstić information content (AvgIpc) is 2.43. The molecule has 0 saturated carbocycles. The second-order valence-electron chi connectivity index (χ2n) is 5.40. The van der Waals surface area contributed by atoms with Crippen LogP contribution in [0.4, 0.5) is 0 Å². The molecule has 1 heteroatoms. The van der Waals surface area contributed by atoms with Crippen LogP contribution < -0.4 is 0 Å². The second kappa shape index (κ2) is 9.36. The molecule has 0 bridgehead atoms. The quantitative estimate of drug-likeness (QED) is 0.273. The number of rotatable bonds is 9. The van der Waals surface area contributed by atoms with E-state index in [-0.39, 0.29) is 4.32 Å². The van der Waals surface area contributed by atoms with E-state index in [1.807, 2.05) is 0 Å². The molecule has 19 heavy (non-hydrogen) atoms. The molecule has 0 aliphatic rings. The molecule has 1 aromatic rings. The van der Waals surface area contributed by atoms with E-state index in [0.717, 1.165) is 0 Å². The SMILES string of the molecule is CCCCCCCCC=CC(C)(Br)c1ccccc1. The molecule has 0 aliphatic carbocycles. The van der Waals surface area contributed by atoms with Gasteiger partial charge in [0.05, 0.1) is 4.32 Å². The van der Waals surface area contributed by atoms with Crippen molar-refractivity contribution in [2.75, 3.05) is 0 Å². The number of alkyl halides is 1. The van der Waals surface area contributed by atoms with Gasteiger partial charge >= 0.3 is 0 Å². The van der Waals surface area contributed by atoms with Crippen LogP contribution in [0, 0.1) is 0 Å². The van der Waals surface area contributed by atoms with Crippen molar-refractivity contribution in [1.29, 1.82) is 0 Å². The summed E-state index contributed by atoms with van der Waals surface area (Å²) in [5, 5.41) is 0. The van der Waals surface area contributed by atoms with Crippen molar-refractivity contribution in [1.82, 2.24) is 0 Å². The van der Waals surface area contributed by atoms with Crippen LogP contribution in [-0.2, 0) is 4.32 Å². The highest BCUT2D eigenvalue weighted by atomic mass is 79.9. The zero-order valence-electron chi connectivity index (χ0n) is 12.4. The van der Waals surface area contributed by atoms with Gasteiger partial charge in [0, 0.05) is 0 Å². The van der Waals surface area contributed by atoms with Crippen LogP contribution in [0.1, 0.15) is 64.4 Å². The molecule has 0 N–H and O–H groups in total. The van der Waals surface area contributed by atoms with Crippen molar-refractivity contribution in [2.24, 2.45) is 0 Å². The summed E-state index contributed by atoms with van der Waals surface area (Å²) in [6.07, 6.45) is 14.0. The predicted octanol–water partition coefficient (Wildman–Crippen LogP) is 6.60. The Morgan fingerprint density at radius 1 is 1.00 bits per heavy atom. The molecular formula is C18H27Br. The molecule has 1 rings (SSSR count). The number of hydrogen-bond acceptors (Lipinski definition) is 0. The van der Waals surface area contributed by atoms with Crippen molar-refractivity contribution in [3.8, 4) is 0 Å². The van der Waals surface area contributed by atoms with Crippen LogP contribution in [-0.4, -0.2) is 0 Å². The summed E-state index contributed by atoms with van der Waals surface area (Å²) in [6, 6.07) is 10.6. The molecule has 1 atom stereocenters. The fraction of sp³-hybridized carbons (Fsp3) is 0.556. The van der Waals surface area contributed by atoms with Gasteiger partial charge < -0.3 is 0 Å². The molecule has 0 spiro atoms. The van der Waals surface area contributed by atoms with Crippen molar-refractivity contribution in [2.45, 2.75) is 63.1 Å². The molecule has 0 aliphatic heterocycles. The normalized spacial score (nSPS) is 14.7. The zero-order valence-corrected chi connectivity index (χ0v) is 14.0. The third kappa shape index (κ3) is 6.96. The van der Waals surface area contributed by atoms with Gasteiger partial charge in [0.15, 0.2) is 0 Å². The first-order valence-corrected chi connectivity index (χ1v) is 8.38. The minimum atomic E-state index is -0.0313. The van der Waals surface area contributed by atoms with E-state index in [9.17, 15) is 0 Å². The van der Waals surface area contributed by atoms with E-state index < -0.39 is 0 Å². The van der Waals surface area contributed by atoms with Crippen molar-refractivity contribution < 1.29 is 0 Å². The summed E-state index contributed by atoms with van der Waals surface area (Å²) in [6.45, 7) is 4.48. The van der Waals surface area contributed by atoms with Crippen LogP contribution in [0.3, 0.4) is 0 Å². The Balaban J connectivity index is 2.24. The van der Waals surface area contributed by atoms with Crippen molar-refractivity contribution in [3.63, 3.8) is 0 Å². The molecular weight excluding hydrogens is 296 g/mol. The minimum absolute atomic E-state index is 0.0313. The summed E-state index contributed by atoms with van der Waals surface area (Å²) < 4.78 is -0.0313. The third-order valence-corrected chi connectivity index (χ3v) is 4.22. The summed E-state index contributed by atoms with van der Waals surface area (Å²) in [5.74, 6) is 0. The largest absolute Gasteiger partial charge is 0.0868 e. The van der Waals surface area contributed by atoms with Gasteiger partial charge in [-0.1, -0.05) is 97.4 Å². The maximum atomic E-state index is 3.81. The summed E-state index contributed by atoms with van der Waals surface area (Å²) in [4.78, 5) is 0. The Morgan fingerprint density at radius 3 is 2.32 bits per heavy atom. The van der Waals surface area contributed by atoms with Crippen LogP contribution >= 0.6 is 15.9 Å². The van der Waals surface area contributed by atoms with E-state index >= 15 is 0 Å². The first-order chi connectivity index (χ1) is 9.17. The topological polar surface area (TPSA) is 0 Å². The molecule has 0 radical (unpaired) electrons. The Hall–Kier alpha value is -0.560. The van der Waals surface area contributed by atoms with E-state index in [4.69, 9.17) is 0 Å². The van der Waals surface area contributed by atoms with E-state index in [1.54, 1.807) is 0 Å². The number of halogens is 1. The first-order valence-electron chi connectivity index (χ1n) is 7.59. The molecule has 0 amide bonds. The van der Waals surface area contributed by atoms with E-state index in [1.165, 1.54) is 50.5 Å². The van der Waals surface area contributed by atoms with Gasteiger partial charge in [-0.05, 0) is 25.3 Å². The Kier molecular flexibility index (Phi) is 8.13. The lowest BCUT2D eigenvalue weighted by molar-refractivity contribution is 0.611. The summed E-state index contributed by atoms with van der Waals surface area (Å²) in [7, 11) is 0. The van der Waals surface area contributed by atoms with Crippen molar-refractivity contribution >= 4 is 15.9 Å². The average molecular weight is 323 g/mol. The van der Waals surface area contributed by atoms with Gasteiger partial charge in [-0.25, -0.2) is 0 Å². The Bertz CT molecular complexity index is 351. The molecule has 0 aromatic heterocycles. The van der Waals surface area contributed by atoms with E-state index in [0.29, 0.717) is 0 Å². The number of allylic oxidation sites excluding steroid dienone is 2. The Morgan fingerprint density at radius 2 is 1.63 bits per heavy atom.